The largest absolute Gasteiger partial charge is 0.393 e. The molecule has 0 aliphatic carbocycles. The molecule has 6 rings (SSSR count). The number of alkyl halides is 3. The number of likely N-dealkylation sites (tertiary alicyclic amines) is 2. The second kappa shape index (κ2) is 14.0. The molecular weight excluding hydrogens is 625 g/mol. The SMILES string of the molecule is C=CC(=O)NC1CCN(CCn2c(C#N)cc3c(C)c(CN4CCC(Nc5ncnc6sc(CC(F)(F)F)cc56)CC4)ccc32)CC1. The zero-order chi connectivity index (χ0) is 33.1. The van der Waals surface area contributed by atoms with Gasteiger partial charge in [0, 0.05) is 73.7 Å². The van der Waals surface area contributed by atoms with E-state index in [0.29, 0.717) is 21.7 Å². The highest BCUT2D eigenvalue weighted by Crippen LogP contribution is 2.33. The molecule has 4 aromatic rings. The minimum Gasteiger partial charge on any atom is -0.367 e. The number of aryl methyl sites for hydroxylation is 1. The summed E-state index contributed by atoms with van der Waals surface area (Å²) in [6.07, 6.45) is 1.09. The fraction of sp³-hybridized carbons (Fsp3) is 0.471. The number of amides is 1. The number of halogens is 3. The molecule has 0 spiro atoms. The van der Waals surface area contributed by atoms with Gasteiger partial charge in [-0.25, -0.2) is 9.97 Å². The van der Waals surface area contributed by atoms with Crippen LogP contribution in [-0.2, 0) is 24.3 Å². The monoisotopic (exact) mass is 664 g/mol. The Labute approximate surface area is 276 Å². The average molecular weight is 665 g/mol. The molecule has 5 heterocycles. The first-order valence-electron chi connectivity index (χ1n) is 16.1. The number of thiophene rings is 1. The number of benzene rings is 1. The number of nitrogens with one attached hydrogen (secondary N) is 2. The third kappa shape index (κ3) is 7.77. The number of carbonyl (C=O) groups is 1. The first-order chi connectivity index (χ1) is 22.6. The van der Waals surface area contributed by atoms with E-state index in [2.05, 4.69) is 66.7 Å². The molecule has 0 unspecified atom stereocenters. The summed E-state index contributed by atoms with van der Waals surface area (Å²) >= 11 is 1.06. The third-order valence-electron chi connectivity index (χ3n) is 9.42. The predicted octanol–water partition coefficient (Wildman–Crippen LogP) is 5.77. The summed E-state index contributed by atoms with van der Waals surface area (Å²) in [6, 6.07) is 10.6. The number of nitriles is 1. The van der Waals surface area contributed by atoms with Gasteiger partial charge in [0.25, 0.3) is 0 Å². The van der Waals surface area contributed by atoms with Crippen LogP contribution in [0.25, 0.3) is 21.1 Å². The summed E-state index contributed by atoms with van der Waals surface area (Å²) in [5.74, 6) is 0.473. The molecule has 0 saturated carbocycles. The van der Waals surface area contributed by atoms with Crippen LogP contribution in [0, 0.1) is 18.3 Å². The van der Waals surface area contributed by atoms with E-state index >= 15 is 0 Å². The summed E-state index contributed by atoms with van der Waals surface area (Å²) in [6.45, 7) is 11.6. The van der Waals surface area contributed by atoms with Crippen molar-refractivity contribution in [2.24, 2.45) is 0 Å². The molecule has 47 heavy (non-hydrogen) atoms. The van der Waals surface area contributed by atoms with Crippen LogP contribution in [0.15, 0.2) is 43.2 Å². The zero-order valence-corrected chi connectivity index (χ0v) is 27.3. The Kier molecular flexibility index (Phi) is 9.82. The Morgan fingerprint density at radius 1 is 1.06 bits per heavy atom. The van der Waals surface area contributed by atoms with Gasteiger partial charge in [0.2, 0.25) is 5.91 Å². The van der Waals surface area contributed by atoms with Gasteiger partial charge in [-0.3, -0.25) is 9.69 Å². The molecule has 2 saturated heterocycles. The van der Waals surface area contributed by atoms with Gasteiger partial charge < -0.3 is 20.1 Å². The first kappa shape index (κ1) is 32.9. The van der Waals surface area contributed by atoms with E-state index in [1.165, 1.54) is 23.5 Å². The lowest BCUT2D eigenvalue weighted by molar-refractivity contribution is -0.126. The summed E-state index contributed by atoms with van der Waals surface area (Å²) in [7, 11) is 0. The van der Waals surface area contributed by atoms with Crippen molar-refractivity contribution in [1.82, 2.24) is 29.7 Å². The van der Waals surface area contributed by atoms with E-state index in [9.17, 15) is 23.2 Å². The lowest BCUT2D eigenvalue weighted by atomic mass is 10.0. The molecule has 0 bridgehead atoms. The molecule has 1 amide bonds. The highest BCUT2D eigenvalue weighted by molar-refractivity contribution is 7.18. The lowest BCUT2D eigenvalue weighted by Gasteiger charge is -2.33. The van der Waals surface area contributed by atoms with E-state index in [-0.39, 0.29) is 22.9 Å². The van der Waals surface area contributed by atoms with E-state index in [1.807, 2.05) is 6.07 Å². The van der Waals surface area contributed by atoms with Crippen LogP contribution in [0.2, 0.25) is 0 Å². The number of hydrogen-bond acceptors (Lipinski definition) is 8. The van der Waals surface area contributed by atoms with E-state index < -0.39 is 12.6 Å². The molecule has 2 fully saturated rings. The first-order valence-corrected chi connectivity index (χ1v) is 16.9. The number of anilines is 1. The molecule has 1 aromatic carbocycles. The number of piperidine rings is 2. The number of carbonyl (C=O) groups excluding carboxylic acids is 1. The van der Waals surface area contributed by atoms with Crippen molar-refractivity contribution in [3.8, 4) is 6.07 Å². The Balaban J connectivity index is 1.05. The molecule has 13 heteroatoms. The molecule has 0 atom stereocenters. The topological polar surface area (TPSA) is 102 Å². The molecule has 0 radical (unpaired) electrons. The Bertz CT molecular complexity index is 1790. The van der Waals surface area contributed by atoms with Crippen molar-refractivity contribution in [3.05, 3.63) is 64.9 Å². The summed E-state index contributed by atoms with van der Waals surface area (Å²) in [5.41, 5.74) is 4.16. The van der Waals surface area contributed by atoms with Gasteiger partial charge in [0.1, 0.15) is 28.7 Å². The summed E-state index contributed by atoms with van der Waals surface area (Å²) < 4.78 is 40.9. The molecule has 2 N–H and O–H groups in total. The minimum absolute atomic E-state index is 0.123. The molecule has 9 nitrogen and oxygen atoms in total. The Morgan fingerprint density at radius 2 is 1.79 bits per heavy atom. The van der Waals surface area contributed by atoms with Crippen molar-refractivity contribution < 1.29 is 18.0 Å². The van der Waals surface area contributed by atoms with Crippen LogP contribution in [-0.4, -0.2) is 81.2 Å². The van der Waals surface area contributed by atoms with Crippen LogP contribution in [0.5, 0.6) is 0 Å². The molecule has 2 aliphatic heterocycles. The maximum absolute atomic E-state index is 12.9. The molecular formula is C34H39F3N8OS. The highest BCUT2D eigenvalue weighted by Gasteiger charge is 2.29. The van der Waals surface area contributed by atoms with Crippen molar-refractivity contribution in [2.45, 2.75) is 70.4 Å². The van der Waals surface area contributed by atoms with Crippen molar-refractivity contribution in [2.75, 3.05) is 38.0 Å². The van der Waals surface area contributed by atoms with Gasteiger partial charge in [-0.15, -0.1) is 11.3 Å². The predicted molar refractivity (Wildman–Crippen MR) is 178 cm³/mol. The maximum Gasteiger partial charge on any atom is 0.393 e. The van der Waals surface area contributed by atoms with E-state index in [0.717, 1.165) is 93.7 Å². The van der Waals surface area contributed by atoms with Crippen molar-refractivity contribution in [1.29, 1.82) is 5.26 Å². The maximum atomic E-state index is 12.9. The van der Waals surface area contributed by atoms with Gasteiger partial charge in [-0.1, -0.05) is 12.6 Å². The fourth-order valence-electron chi connectivity index (χ4n) is 6.80. The van der Waals surface area contributed by atoms with Crippen LogP contribution >= 0.6 is 11.3 Å². The fourth-order valence-corrected chi connectivity index (χ4v) is 7.83. The van der Waals surface area contributed by atoms with Gasteiger partial charge in [0.05, 0.1) is 11.8 Å². The minimum atomic E-state index is -4.26. The Hall–Kier alpha value is -3.99. The van der Waals surface area contributed by atoms with Crippen LogP contribution < -0.4 is 10.6 Å². The van der Waals surface area contributed by atoms with Gasteiger partial charge in [-0.2, -0.15) is 18.4 Å². The van der Waals surface area contributed by atoms with Crippen LogP contribution in [0.1, 0.15) is 47.4 Å². The number of hydrogen-bond donors (Lipinski definition) is 2. The van der Waals surface area contributed by atoms with Crippen molar-refractivity contribution in [3.63, 3.8) is 0 Å². The molecule has 2 aliphatic rings. The molecule has 248 valence electrons. The second-order valence-corrected chi connectivity index (χ2v) is 13.7. The van der Waals surface area contributed by atoms with Crippen LogP contribution in [0.4, 0.5) is 19.0 Å². The quantitative estimate of drug-likeness (QED) is 0.208. The number of aromatic nitrogens is 3. The number of rotatable bonds is 10. The van der Waals surface area contributed by atoms with E-state index in [1.54, 1.807) is 6.07 Å². The molecule has 3 aromatic heterocycles. The zero-order valence-electron chi connectivity index (χ0n) is 26.4. The third-order valence-corrected chi connectivity index (χ3v) is 10.5. The summed E-state index contributed by atoms with van der Waals surface area (Å²) in [4.78, 5) is 25.8. The Morgan fingerprint density at radius 3 is 2.49 bits per heavy atom. The smallest absolute Gasteiger partial charge is 0.367 e. The lowest BCUT2D eigenvalue weighted by Crippen LogP contribution is -2.44. The van der Waals surface area contributed by atoms with Gasteiger partial charge in [0.15, 0.2) is 0 Å². The van der Waals surface area contributed by atoms with Gasteiger partial charge >= 0.3 is 6.18 Å². The van der Waals surface area contributed by atoms with Gasteiger partial charge in [-0.05, 0) is 68.0 Å². The van der Waals surface area contributed by atoms with Crippen molar-refractivity contribution >= 4 is 44.2 Å². The second-order valence-electron chi connectivity index (χ2n) is 12.5. The standard InChI is InChI=1S/C34H39F3N8OS/c1-3-31(46)41-24-6-10-43(11-7-24)14-15-45-26(19-38)16-28-22(2)23(4-5-30(28)45)20-44-12-8-25(9-13-44)42-32-29-17-27(18-34(35,36)37)47-33(29)40-21-39-32/h3-5,16-17,21,24-25H,1,6-15,18,20H2,2H3,(H,41,46)(H,39,40,42). The number of nitrogens with zero attached hydrogens (tertiary/aromatic N) is 6. The normalized spacial score (nSPS) is 17.3. The summed E-state index contributed by atoms with van der Waals surface area (Å²) in [5, 5.41) is 18.2. The highest BCUT2D eigenvalue weighted by atomic mass is 32.1. The van der Waals surface area contributed by atoms with E-state index in [4.69, 9.17) is 0 Å². The average Bonchev–Trinajstić information content (AvgIpc) is 3.63. The number of fused-ring (bicyclic) bond motifs is 2. The van der Waals surface area contributed by atoms with Crippen LogP contribution in [0.3, 0.4) is 0 Å².